The summed E-state index contributed by atoms with van der Waals surface area (Å²) in [6, 6.07) is 2.06. The molecule has 2 rings (SSSR count). The Kier molecular flexibility index (Phi) is 5.33. The van der Waals surface area contributed by atoms with Gasteiger partial charge >= 0.3 is 18.0 Å². The first-order chi connectivity index (χ1) is 11.4. The lowest BCUT2D eigenvalue weighted by Gasteiger charge is -2.22. The number of nitrogens with zero attached hydrogens (tertiary/aromatic N) is 1. The maximum Gasteiger partial charge on any atom is 0.417 e. The normalized spacial score (nSPS) is 19.5. The van der Waals surface area contributed by atoms with Crippen molar-refractivity contribution in [1.29, 1.82) is 0 Å². The number of carbonyl (C=O) groups excluding carboxylic acids is 2. The number of sulfone groups is 1. The Hall–Kier alpha value is -1.81. The van der Waals surface area contributed by atoms with E-state index >= 15 is 0 Å². The molecule has 1 saturated heterocycles. The maximum atomic E-state index is 12.8. The first-order valence-corrected chi connectivity index (χ1v) is 9.26. The van der Waals surface area contributed by atoms with Crippen LogP contribution in [0.15, 0.2) is 18.2 Å². The van der Waals surface area contributed by atoms with Crippen LogP contribution >= 0.6 is 11.6 Å². The van der Waals surface area contributed by atoms with E-state index in [1.54, 1.807) is 0 Å². The zero-order valence-electron chi connectivity index (χ0n) is 12.9. The van der Waals surface area contributed by atoms with Crippen molar-refractivity contribution in [3.05, 3.63) is 28.8 Å². The van der Waals surface area contributed by atoms with Crippen molar-refractivity contribution in [2.24, 2.45) is 0 Å². The molecule has 0 aliphatic carbocycles. The monoisotopic (exact) mass is 398 g/mol. The first kappa shape index (κ1) is 19.5. The zero-order valence-corrected chi connectivity index (χ0v) is 14.5. The summed E-state index contributed by atoms with van der Waals surface area (Å²) in [4.78, 5) is 25.0. The predicted octanol–water partition coefficient (Wildman–Crippen LogP) is 1.94. The van der Waals surface area contributed by atoms with Gasteiger partial charge in [-0.25, -0.2) is 8.42 Å². The van der Waals surface area contributed by atoms with E-state index in [4.69, 9.17) is 11.6 Å². The molecule has 25 heavy (non-hydrogen) atoms. The van der Waals surface area contributed by atoms with Gasteiger partial charge in [0.1, 0.15) is 0 Å². The van der Waals surface area contributed by atoms with Crippen molar-refractivity contribution in [2.75, 3.05) is 23.9 Å². The van der Waals surface area contributed by atoms with Crippen LogP contribution < -0.4 is 5.32 Å². The van der Waals surface area contributed by atoms with E-state index in [0.717, 1.165) is 17.0 Å². The van der Waals surface area contributed by atoms with E-state index < -0.39 is 44.5 Å². The number of hydrogen-bond acceptors (Lipinski definition) is 4. The van der Waals surface area contributed by atoms with E-state index in [0.29, 0.717) is 6.07 Å². The molecular formula is C14H14ClF3N2O4S. The Morgan fingerprint density at radius 2 is 1.96 bits per heavy atom. The van der Waals surface area contributed by atoms with Gasteiger partial charge in [-0.05, 0) is 24.6 Å². The van der Waals surface area contributed by atoms with Gasteiger partial charge in [-0.15, -0.1) is 0 Å². The Balaban J connectivity index is 2.10. The van der Waals surface area contributed by atoms with Crippen LogP contribution in [0.3, 0.4) is 0 Å². The highest BCUT2D eigenvalue weighted by molar-refractivity contribution is 7.91. The van der Waals surface area contributed by atoms with Crippen LogP contribution in [0.1, 0.15) is 12.0 Å². The summed E-state index contributed by atoms with van der Waals surface area (Å²) >= 11 is 5.48. The van der Waals surface area contributed by atoms with Crippen molar-refractivity contribution in [3.63, 3.8) is 0 Å². The number of alkyl halides is 3. The number of amides is 2. The molecule has 1 aliphatic heterocycles. The van der Waals surface area contributed by atoms with E-state index in [9.17, 15) is 31.2 Å². The lowest BCUT2D eigenvalue weighted by atomic mass is 10.2. The van der Waals surface area contributed by atoms with Crippen LogP contribution in [0, 0.1) is 0 Å². The molecule has 0 spiro atoms. The second-order valence-corrected chi connectivity index (χ2v) is 8.26. The number of anilines is 1. The molecule has 0 radical (unpaired) electrons. The molecule has 0 bridgehead atoms. The second-order valence-electron chi connectivity index (χ2n) is 5.62. The molecular weight excluding hydrogens is 385 g/mol. The lowest BCUT2D eigenvalue weighted by molar-refractivity contribution is -0.143. The quantitative estimate of drug-likeness (QED) is 0.772. The summed E-state index contributed by atoms with van der Waals surface area (Å²) in [6.07, 6.45) is -4.51. The highest BCUT2D eigenvalue weighted by Crippen LogP contribution is 2.36. The number of hydrogen-bond donors (Lipinski definition) is 1. The summed E-state index contributed by atoms with van der Waals surface area (Å²) in [5.74, 6) is -2.53. The highest BCUT2D eigenvalue weighted by atomic mass is 35.5. The van der Waals surface area contributed by atoms with Crippen molar-refractivity contribution in [3.8, 4) is 0 Å². The van der Waals surface area contributed by atoms with Gasteiger partial charge in [0, 0.05) is 18.8 Å². The number of likely N-dealkylation sites (N-methyl/N-ethyl adjacent to an activating group) is 1. The third kappa shape index (κ3) is 4.63. The second kappa shape index (κ2) is 6.83. The molecule has 0 aromatic heterocycles. The fourth-order valence-electron chi connectivity index (χ4n) is 2.41. The van der Waals surface area contributed by atoms with Crippen LogP contribution in [0.25, 0.3) is 0 Å². The fraction of sp³-hybridized carbons (Fsp3) is 0.429. The third-order valence-electron chi connectivity index (χ3n) is 3.80. The van der Waals surface area contributed by atoms with Gasteiger partial charge in [0.15, 0.2) is 9.84 Å². The van der Waals surface area contributed by atoms with E-state index in [1.807, 2.05) is 0 Å². The zero-order chi connectivity index (χ0) is 19.0. The van der Waals surface area contributed by atoms with Crippen LogP contribution in [-0.2, 0) is 25.6 Å². The molecule has 1 heterocycles. The Morgan fingerprint density at radius 1 is 1.32 bits per heavy atom. The summed E-state index contributed by atoms with van der Waals surface area (Å²) in [5.41, 5.74) is -1.39. The van der Waals surface area contributed by atoms with Crippen molar-refractivity contribution in [2.45, 2.75) is 18.6 Å². The predicted molar refractivity (Wildman–Crippen MR) is 84.9 cm³/mol. The minimum absolute atomic E-state index is 0.0803. The lowest BCUT2D eigenvalue weighted by Crippen LogP contribution is -2.43. The van der Waals surface area contributed by atoms with E-state index in [1.165, 1.54) is 7.05 Å². The SMILES string of the molecule is CN(C(=O)C(=O)Nc1ccc(Cl)c(C(F)(F)F)c1)C1CCS(=O)(=O)C1. The van der Waals surface area contributed by atoms with Crippen molar-refractivity contribution < 1.29 is 31.2 Å². The van der Waals surface area contributed by atoms with Gasteiger partial charge in [-0.2, -0.15) is 13.2 Å². The number of rotatable bonds is 2. The Bertz CT molecular complexity index is 811. The van der Waals surface area contributed by atoms with Gasteiger partial charge in [0.25, 0.3) is 0 Å². The summed E-state index contributed by atoms with van der Waals surface area (Å²) in [5, 5.41) is 1.53. The number of carbonyl (C=O) groups is 2. The smallest absolute Gasteiger partial charge is 0.333 e. The average molecular weight is 399 g/mol. The van der Waals surface area contributed by atoms with Gasteiger partial charge in [-0.1, -0.05) is 11.6 Å². The van der Waals surface area contributed by atoms with Gasteiger partial charge in [0.2, 0.25) is 0 Å². The minimum atomic E-state index is -4.71. The van der Waals surface area contributed by atoms with Crippen molar-refractivity contribution in [1.82, 2.24) is 4.90 Å². The number of benzene rings is 1. The molecule has 2 amide bonds. The summed E-state index contributed by atoms with van der Waals surface area (Å²) < 4.78 is 61.3. The minimum Gasteiger partial charge on any atom is -0.333 e. The molecule has 1 unspecified atom stereocenters. The van der Waals surface area contributed by atoms with Gasteiger partial charge in [-0.3, -0.25) is 9.59 Å². The molecule has 1 aromatic carbocycles. The van der Waals surface area contributed by atoms with Crippen LogP contribution in [0.4, 0.5) is 18.9 Å². The summed E-state index contributed by atoms with van der Waals surface area (Å²) in [6.45, 7) is 0. The molecule has 6 nitrogen and oxygen atoms in total. The average Bonchev–Trinajstić information content (AvgIpc) is 2.86. The molecule has 1 aromatic rings. The fourth-order valence-corrected chi connectivity index (χ4v) is 4.41. The maximum absolute atomic E-state index is 12.8. The van der Waals surface area contributed by atoms with Crippen LogP contribution in [0.5, 0.6) is 0 Å². The Morgan fingerprint density at radius 3 is 2.48 bits per heavy atom. The van der Waals surface area contributed by atoms with E-state index in [2.05, 4.69) is 5.32 Å². The standard InChI is InChI=1S/C14H14ClF3N2O4S/c1-20(9-4-5-25(23,24)7-9)13(22)12(21)19-8-2-3-11(15)10(6-8)14(16,17)18/h2-3,6,9H,4-5,7H2,1H3,(H,19,21). The summed E-state index contributed by atoms with van der Waals surface area (Å²) in [7, 11) is -1.98. The first-order valence-electron chi connectivity index (χ1n) is 7.06. The highest BCUT2D eigenvalue weighted by Gasteiger charge is 2.36. The van der Waals surface area contributed by atoms with Crippen molar-refractivity contribution >= 4 is 38.9 Å². The molecule has 138 valence electrons. The van der Waals surface area contributed by atoms with Crippen LogP contribution in [-0.4, -0.2) is 49.7 Å². The third-order valence-corrected chi connectivity index (χ3v) is 5.88. The molecule has 1 aliphatic rings. The molecule has 1 N–H and O–H groups in total. The van der Waals surface area contributed by atoms with Gasteiger partial charge < -0.3 is 10.2 Å². The number of halogens is 4. The topological polar surface area (TPSA) is 83.6 Å². The molecule has 1 atom stereocenters. The molecule has 0 saturated carbocycles. The number of nitrogens with one attached hydrogen (secondary N) is 1. The molecule has 1 fully saturated rings. The van der Waals surface area contributed by atoms with Gasteiger partial charge in [0.05, 0.1) is 22.1 Å². The molecule has 11 heteroatoms. The largest absolute Gasteiger partial charge is 0.417 e. The Labute approximate surface area is 146 Å². The van der Waals surface area contributed by atoms with E-state index in [-0.39, 0.29) is 23.6 Å². The van der Waals surface area contributed by atoms with Crippen LogP contribution in [0.2, 0.25) is 5.02 Å².